The molecule has 0 saturated carbocycles. The van der Waals surface area contributed by atoms with Crippen LogP contribution < -0.4 is 5.32 Å². The molecule has 3 aliphatic rings. The van der Waals surface area contributed by atoms with Gasteiger partial charge in [-0.1, -0.05) is 0 Å². The largest absolute Gasteiger partial charge is 0.340 e. The number of halogens is 2. The summed E-state index contributed by atoms with van der Waals surface area (Å²) in [5.41, 5.74) is 0. The Morgan fingerprint density at radius 3 is 2.57 bits per heavy atom. The molecule has 1 atom stereocenters. The van der Waals surface area contributed by atoms with Gasteiger partial charge in [-0.15, -0.1) is 24.8 Å². The van der Waals surface area contributed by atoms with Gasteiger partial charge in [0.05, 0.1) is 0 Å². The number of nitrogens with one attached hydrogen (secondary N) is 1. The fraction of sp³-hybridized carbons (Fsp3) is 0.929. The molecular formula is C14H28Cl2N4O. The highest BCUT2D eigenvalue weighted by atomic mass is 35.5. The first-order valence-electron chi connectivity index (χ1n) is 7.78. The monoisotopic (exact) mass is 338 g/mol. The van der Waals surface area contributed by atoms with E-state index in [0.29, 0.717) is 12.3 Å². The molecule has 0 aromatic heterocycles. The number of amides is 1. The molecule has 0 radical (unpaired) electrons. The van der Waals surface area contributed by atoms with Crippen molar-refractivity contribution >= 4 is 30.7 Å². The lowest BCUT2D eigenvalue weighted by molar-refractivity contribution is -0.132. The Morgan fingerprint density at radius 2 is 1.81 bits per heavy atom. The van der Waals surface area contributed by atoms with E-state index in [9.17, 15) is 4.79 Å². The topological polar surface area (TPSA) is 38.8 Å². The molecule has 124 valence electrons. The van der Waals surface area contributed by atoms with Crippen LogP contribution in [-0.4, -0.2) is 85.6 Å². The third kappa shape index (κ3) is 4.96. The van der Waals surface area contributed by atoms with E-state index in [0.717, 1.165) is 45.3 Å². The maximum Gasteiger partial charge on any atom is 0.223 e. The van der Waals surface area contributed by atoms with Crippen LogP contribution in [0.2, 0.25) is 0 Å². The maximum absolute atomic E-state index is 12.1. The predicted molar refractivity (Wildman–Crippen MR) is 89.6 cm³/mol. The first-order valence-corrected chi connectivity index (χ1v) is 7.78. The molecule has 1 amide bonds. The Labute approximate surface area is 140 Å². The van der Waals surface area contributed by atoms with Crippen LogP contribution >= 0.6 is 24.8 Å². The molecule has 3 fully saturated rings. The summed E-state index contributed by atoms with van der Waals surface area (Å²) >= 11 is 0. The fourth-order valence-electron chi connectivity index (χ4n) is 3.58. The maximum atomic E-state index is 12.1. The van der Waals surface area contributed by atoms with Crippen LogP contribution in [0.3, 0.4) is 0 Å². The lowest BCUT2D eigenvalue weighted by Gasteiger charge is -2.37. The Bertz CT molecular complexity index is 326. The van der Waals surface area contributed by atoms with Crippen molar-refractivity contribution < 1.29 is 4.79 Å². The zero-order valence-corrected chi connectivity index (χ0v) is 14.3. The molecule has 3 rings (SSSR count). The summed E-state index contributed by atoms with van der Waals surface area (Å²) in [4.78, 5) is 19.3. The molecule has 21 heavy (non-hydrogen) atoms. The highest BCUT2D eigenvalue weighted by molar-refractivity contribution is 5.85. The molecule has 0 aromatic carbocycles. The molecule has 1 unspecified atom stereocenters. The van der Waals surface area contributed by atoms with Gasteiger partial charge in [0.25, 0.3) is 0 Å². The standard InChI is InChI=1S/C14H26N4O.2ClH/c19-14(18-8-4-15-5-9-18)3-7-16-10-11-17-6-1-2-13(17)12-16;;/h13,15H,1-12H2;2*1H. The molecule has 0 spiro atoms. The van der Waals surface area contributed by atoms with Crippen LogP contribution in [0.1, 0.15) is 19.3 Å². The van der Waals surface area contributed by atoms with Crippen LogP contribution in [0, 0.1) is 0 Å². The van der Waals surface area contributed by atoms with E-state index < -0.39 is 0 Å². The Hall–Kier alpha value is -0.0700. The van der Waals surface area contributed by atoms with Crippen LogP contribution in [-0.2, 0) is 4.79 Å². The average molecular weight is 339 g/mol. The number of nitrogens with zero attached hydrogens (tertiary/aromatic N) is 3. The molecule has 3 heterocycles. The van der Waals surface area contributed by atoms with Gasteiger partial charge in [0.1, 0.15) is 0 Å². The zero-order valence-electron chi connectivity index (χ0n) is 12.6. The van der Waals surface area contributed by atoms with Crippen molar-refractivity contribution in [2.24, 2.45) is 0 Å². The summed E-state index contributed by atoms with van der Waals surface area (Å²) in [5.74, 6) is 0.343. The summed E-state index contributed by atoms with van der Waals surface area (Å²) in [7, 11) is 0. The SMILES string of the molecule is Cl.Cl.O=C(CCN1CCN2CCCC2C1)N1CCNCC1. The van der Waals surface area contributed by atoms with E-state index in [1.54, 1.807) is 0 Å². The summed E-state index contributed by atoms with van der Waals surface area (Å²) < 4.78 is 0. The van der Waals surface area contributed by atoms with Crippen molar-refractivity contribution in [1.29, 1.82) is 0 Å². The molecule has 1 N–H and O–H groups in total. The molecule has 3 saturated heterocycles. The number of hydrogen-bond donors (Lipinski definition) is 1. The molecule has 3 aliphatic heterocycles. The third-order valence-electron chi connectivity index (χ3n) is 4.78. The van der Waals surface area contributed by atoms with E-state index in [-0.39, 0.29) is 24.8 Å². The second-order valence-corrected chi connectivity index (χ2v) is 6.01. The number of rotatable bonds is 3. The first-order chi connectivity index (χ1) is 9.33. The second-order valence-electron chi connectivity index (χ2n) is 6.01. The van der Waals surface area contributed by atoms with Gasteiger partial charge in [0.2, 0.25) is 5.91 Å². The molecule has 0 bridgehead atoms. The van der Waals surface area contributed by atoms with E-state index in [1.807, 2.05) is 4.90 Å². The number of carbonyl (C=O) groups excluding carboxylic acids is 1. The highest BCUT2D eigenvalue weighted by Crippen LogP contribution is 2.21. The van der Waals surface area contributed by atoms with E-state index in [2.05, 4.69) is 15.1 Å². The van der Waals surface area contributed by atoms with Gasteiger partial charge in [-0.25, -0.2) is 0 Å². The van der Waals surface area contributed by atoms with Gasteiger partial charge >= 0.3 is 0 Å². The summed E-state index contributed by atoms with van der Waals surface area (Å²) in [6, 6.07) is 0.767. The van der Waals surface area contributed by atoms with Crippen LogP contribution in [0.5, 0.6) is 0 Å². The number of piperazine rings is 2. The Kier molecular flexibility index (Phi) is 8.27. The Balaban J connectivity index is 0.00000110. The van der Waals surface area contributed by atoms with Crippen molar-refractivity contribution in [1.82, 2.24) is 20.0 Å². The summed E-state index contributed by atoms with van der Waals surface area (Å²) in [6.07, 6.45) is 3.41. The summed E-state index contributed by atoms with van der Waals surface area (Å²) in [5, 5.41) is 3.29. The minimum absolute atomic E-state index is 0. The quantitative estimate of drug-likeness (QED) is 0.810. The van der Waals surface area contributed by atoms with E-state index in [1.165, 1.54) is 32.5 Å². The van der Waals surface area contributed by atoms with Crippen molar-refractivity contribution in [2.45, 2.75) is 25.3 Å². The van der Waals surface area contributed by atoms with Crippen molar-refractivity contribution in [3.8, 4) is 0 Å². The predicted octanol–water partition coefficient (Wildman–Crippen LogP) is 0.432. The zero-order chi connectivity index (χ0) is 13.1. The van der Waals surface area contributed by atoms with Gasteiger partial charge in [0, 0.05) is 64.8 Å². The van der Waals surface area contributed by atoms with E-state index >= 15 is 0 Å². The van der Waals surface area contributed by atoms with Gasteiger partial charge in [0.15, 0.2) is 0 Å². The van der Waals surface area contributed by atoms with Gasteiger partial charge < -0.3 is 10.2 Å². The van der Waals surface area contributed by atoms with Crippen LogP contribution in [0.4, 0.5) is 0 Å². The van der Waals surface area contributed by atoms with Crippen LogP contribution in [0.15, 0.2) is 0 Å². The summed E-state index contributed by atoms with van der Waals surface area (Å²) in [6.45, 7) is 9.43. The second kappa shape index (κ2) is 9.16. The smallest absolute Gasteiger partial charge is 0.223 e. The normalized spacial score (nSPS) is 26.7. The van der Waals surface area contributed by atoms with Crippen molar-refractivity contribution in [3.05, 3.63) is 0 Å². The van der Waals surface area contributed by atoms with Crippen molar-refractivity contribution in [2.75, 3.05) is 58.9 Å². The third-order valence-corrected chi connectivity index (χ3v) is 4.78. The Morgan fingerprint density at radius 1 is 1.05 bits per heavy atom. The first kappa shape index (κ1) is 19.0. The highest BCUT2D eigenvalue weighted by Gasteiger charge is 2.30. The lowest BCUT2D eigenvalue weighted by Crippen LogP contribution is -2.51. The molecule has 5 nitrogen and oxygen atoms in total. The minimum atomic E-state index is 0. The fourth-order valence-corrected chi connectivity index (χ4v) is 3.58. The van der Waals surface area contributed by atoms with Crippen molar-refractivity contribution in [3.63, 3.8) is 0 Å². The molecule has 7 heteroatoms. The number of carbonyl (C=O) groups is 1. The lowest BCUT2D eigenvalue weighted by atomic mass is 10.1. The van der Waals surface area contributed by atoms with Gasteiger partial charge in [-0.2, -0.15) is 0 Å². The minimum Gasteiger partial charge on any atom is -0.340 e. The van der Waals surface area contributed by atoms with Crippen LogP contribution in [0.25, 0.3) is 0 Å². The number of fused-ring (bicyclic) bond motifs is 1. The molecule has 0 aromatic rings. The average Bonchev–Trinajstić information content (AvgIpc) is 2.93. The molecular weight excluding hydrogens is 311 g/mol. The van der Waals surface area contributed by atoms with Gasteiger partial charge in [-0.05, 0) is 19.4 Å². The van der Waals surface area contributed by atoms with Gasteiger partial charge in [-0.3, -0.25) is 14.6 Å². The number of hydrogen-bond acceptors (Lipinski definition) is 4. The molecule has 0 aliphatic carbocycles. The van der Waals surface area contributed by atoms with E-state index in [4.69, 9.17) is 0 Å².